The fourth-order valence-electron chi connectivity index (χ4n) is 2.00. The van der Waals surface area contributed by atoms with Gasteiger partial charge in [-0.05, 0) is 30.2 Å². The number of aliphatic hydroxyl groups excluding tert-OH is 1. The molecular weight excluding hydrogens is 222 g/mol. The van der Waals surface area contributed by atoms with Crippen LogP contribution in [0.1, 0.15) is 30.2 Å². The van der Waals surface area contributed by atoms with Gasteiger partial charge in [0.05, 0.1) is 12.7 Å². The number of hydrogen-bond donors (Lipinski definition) is 3. The molecule has 0 radical (unpaired) electrons. The highest BCUT2D eigenvalue weighted by molar-refractivity contribution is 5.78. The van der Waals surface area contributed by atoms with E-state index in [0.29, 0.717) is 17.7 Å². The van der Waals surface area contributed by atoms with Crippen LogP contribution in [0.4, 0.5) is 0 Å². The third-order valence-electron chi connectivity index (χ3n) is 2.78. The number of benzene rings is 1. The molecule has 2 rings (SSSR count). The maximum Gasteiger partial charge on any atom is 0.327 e. The molecule has 0 saturated carbocycles. The van der Waals surface area contributed by atoms with Crippen molar-refractivity contribution in [2.45, 2.75) is 19.1 Å². The van der Waals surface area contributed by atoms with E-state index < -0.39 is 12.1 Å². The first-order valence-corrected chi connectivity index (χ1v) is 5.54. The highest BCUT2D eigenvalue weighted by atomic mass is 16.5. The van der Waals surface area contributed by atoms with Crippen molar-refractivity contribution in [3.63, 3.8) is 0 Å². The number of phenolic OH excluding ortho intramolecular Hbond substituents is 1. The molecule has 0 fully saturated rings. The summed E-state index contributed by atoms with van der Waals surface area (Å²) in [5.74, 6) is -0.293. The van der Waals surface area contributed by atoms with E-state index in [1.807, 2.05) is 0 Å². The normalized spacial score (nSPS) is 22.9. The van der Waals surface area contributed by atoms with E-state index in [4.69, 9.17) is 4.74 Å². The van der Waals surface area contributed by atoms with E-state index in [1.54, 1.807) is 13.0 Å². The Balaban J connectivity index is 2.35. The molecule has 1 aliphatic heterocycles. The molecule has 5 heteroatoms. The molecule has 1 aromatic carbocycles. The molecule has 5 nitrogen and oxygen atoms in total. The number of ether oxygens (including phenoxy) is 1. The zero-order chi connectivity index (χ0) is 12.4. The third-order valence-corrected chi connectivity index (χ3v) is 2.78. The summed E-state index contributed by atoms with van der Waals surface area (Å²) in [6.07, 6.45) is -0.720. The van der Waals surface area contributed by atoms with Gasteiger partial charge in [0.25, 0.3) is 0 Å². The lowest BCUT2D eigenvalue weighted by molar-refractivity contribution is -0.146. The summed E-state index contributed by atoms with van der Waals surface area (Å²) in [6.45, 7) is 2.32. The molecule has 0 spiro atoms. The zero-order valence-electron chi connectivity index (χ0n) is 9.51. The van der Waals surface area contributed by atoms with Gasteiger partial charge >= 0.3 is 5.97 Å². The number of nitrogens with one attached hydrogen (secondary N) is 1. The van der Waals surface area contributed by atoms with Crippen molar-refractivity contribution in [3.05, 3.63) is 29.3 Å². The van der Waals surface area contributed by atoms with Crippen LogP contribution in [0.3, 0.4) is 0 Å². The van der Waals surface area contributed by atoms with Crippen molar-refractivity contribution >= 4 is 5.97 Å². The highest BCUT2D eigenvalue weighted by Gasteiger charge is 2.31. The fraction of sp³-hybridized carbons (Fsp3) is 0.417. The third kappa shape index (κ3) is 2.25. The number of hydrogen-bond acceptors (Lipinski definition) is 5. The van der Waals surface area contributed by atoms with Crippen molar-refractivity contribution in [2.75, 3.05) is 13.2 Å². The van der Waals surface area contributed by atoms with Gasteiger partial charge in [0, 0.05) is 6.54 Å². The van der Waals surface area contributed by atoms with Gasteiger partial charge in [0.2, 0.25) is 0 Å². The Morgan fingerprint density at radius 3 is 3.00 bits per heavy atom. The molecule has 1 heterocycles. The standard InChI is InChI=1S/C12H15NO4/c1-2-17-12(16)11-8-4-3-7(14)5-9(8)10(15)6-13-11/h3-5,10-11,13-15H,2,6H2,1H3/t10-,11+/m1/s1. The molecule has 0 amide bonds. The van der Waals surface area contributed by atoms with E-state index in [-0.39, 0.29) is 18.3 Å². The topological polar surface area (TPSA) is 78.8 Å². The number of β-amino-alcohol motifs (C(OH)–C–C–N with tert-alkyl or cyclic N) is 1. The van der Waals surface area contributed by atoms with Gasteiger partial charge in [-0.3, -0.25) is 5.32 Å². The molecule has 3 N–H and O–H groups in total. The second-order valence-electron chi connectivity index (χ2n) is 3.92. The number of aromatic hydroxyl groups is 1. The lowest BCUT2D eigenvalue weighted by Crippen LogP contribution is -2.38. The number of rotatable bonds is 2. The molecule has 0 unspecified atom stereocenters. The Hall–Kier alpha value is -1.59. The fourth-order valence-corrected chi connectivity index (χ4v) is 2.00. The smallest absolute Gasteiger partial charge is 0.327 e. The first-order chi connectivity index (χ1) is 8.13. The van der Waals surface area contributed by atoms with Crippen molar-refractivity contribution < 1.29 is 19.7 Å². The van der Waals surface area contributed by atoms with E-state index in [0.717, 1.165) is 0 Å². The van der Waals surface area contributed by atoms with Crippen LogP contribution in [0.2, 0.25) is 0 Å². The number of phenols is 1. The summed E-state index contributed by atoms with van der Waals surface area (Å²) in [7, 11) is 0. The average Bonchev–Trinajstić information content (AvgIpc) is 2.30. The molecular formula is C12H15NO4. The number of esters is 1. The Kier molecular flexibility index (Phi) is 3.31. The average molecular weight is 237 g/mol. The summed E-state index contributed by atoms with van der Waals surface area (Å²) in [6, 6.07) is 4.02. The summed E-state index contributed by atoms with van der Waals surface area (Å²) < 4.78 is 4.96. The monoisotopic (exact) mass is 237 g/mol. The van der Waals surface area contributed by atoms with Gasteiger partial charge in [-0.1, -0.05) is 6.07 Å². The highest BCUT2D eigenvalue weighted by Crippen LogP contribution is 2.31. The Morgan fingerprint density at radius 2 is 2.29 bits per heavy atom. The minimum absolute atomic E-state index is 0.0762. The minimum atomic E-state index is -0.720. The number of carbonyl (C=O) groups excluding carboxylic acids is 1. The van der Waals surface area contributed by atoms with Crippen molar-refractivity contribution in [3.8, 4) is 5.75 Å². The van der Waals surface area contributed by atoms with Gasteiger partial charge < -0.3 is 14.9 Å². The Labute approximate surface area is 99.0 Å². The number of aliphatic hydroxyl groups is 1. The van der Waals surface area contributed by atoms with Crippen LogP contribution in [0.5, 0.6) is 5.75 Å². The van der Waals surface area contributed by atoms with Crippen LogP contribution in [0.25, 0.3) is 0 Å². The van der Waals surface area contributed by atoms with Crippen molar-refractivity contribution in [2.24, 2.45) is 0 Å². The molecule has 17 heavy (non-hydrogen) atoms. The zero-order valence-corrected chi connectivity index (χ0v) is 9.51. The molecule has 0 aliphatic carbocycles. The van der Waals surface area contributed by atoms with Gasteiger partial charge in [-0.2, -0.15) is 0 Å². The predicted octanol–water partition coefficient (Wildman–Crippen LogP) is 0.633. The van der Waals surface area contributed by atoms with E-state index in [2.05, 4.69) is 5.32 Å². The lowest BCUT2D eigenvalue weighted by Gasteiger charge is -2.28. The van der Waals surface area contributed by atoms with Crippen molar-refractivity contribution in [1.82, 2.24) is 5.32 Å². The largest absolute Gasteiger partial charge is 0.508 e. The maximum absolute atomic E-state index is 11.7. The predicted molar refractivity (Wildman–Crippen MR) is 60.4 cm³/mol. The molecule has 2 atom stereocenters. The molecule has 92 valence electrons. The van der Waals surface area contributed by atoms with Crippen LogP contribution in [0, 0.1) is 0 Å². The van der Waals surface area contributed by atoms with Crippen LogP contribution in [-0.2, 0) is 9.53 Å². The first kappa shape index (κ1) is 11.9. The molecule has 0 aromatic heterocycles. The lowest BCUT2D eigenvalue weighted by atomic mass is 9.92. The molecule has 1 aromatic rings. The van der Waals surface area contributed by atoms with Crippen LogP contribution in [0.15, 0.2) is 18.2 Å². The summed E-state index contributed by atoms with van der Waals surface area (Å²) in [5.41, 5.74) is 1.22. The molecule has 1 aliphatic rings. The number of carbonyl (C=O) groups is 1. The molecule has 0 bridgehead atoms. The maximum atomic E-state index is 11.7. The van der Waals surface area contributed by atoms with Crippen LogP contribution < -0.4 is 5.32 Å². The van der Waals surface area contributed by atoms with Gasteiger partial charge in [-0.25, -0.2) is 4.79 Å². The quantitative estimate of drug-likeness (QED) is 0.658. The second kappa shape index (κ2) is 4.73. The van der Waals surface area contributed by atoms with Crippen LogP contribution >= 0.6 is 0 Å². The second-order valence-corrected chi connectivity index (χ2v) is 3.92. The van der Waals surface area contributed by atoms with Gasteiger partial charge in [0.1, 0.15) is 11.8 Å². The summed E-state index contributed by atoms with van der Waals surface area (Å²) >= 11 is 0. The number of fused-ring (bicyclic) bond motifs is 1. The first-order valence-electron chi connectivity index (χ1n) is 5.54. The molecule has 0 saturated heterocycles. The van der Waals surface area contributed by atoms with E-state index in [1.165, 1.54) is 12.1 Å². The summed E-state index contributed by atoms with van der Waals surface area (Å²) in [4.78, 5) is 11.7. The SMILES string of the molecule is CCOC(=O)[C@H]1NC[C@@H](O)c2cc(O)ccc21. The van der Waals surface area contributed by atoms with Gasteiger partial charge in [-0.15, -0.1) is 0 Å². The minimum Gasteiger partial charge on any atom is -0.508 e. The van der Waals surface area contributed by atoms with Gasteiger partial charge in [0.15, 0.2) is 0 Å². The van der Waals surface area contributed by atoms with E-state index >= 15 is 0 Å². The Morgan fingerprint density at radius 1 is 1.53 bits per heavy atom. The Bertz CT molecular complexity index is 433. The van der Waals surface area contributed by atoms with Crippen molar-refractivity contribution in [1.29, 1.82) is 0 Å². The van der Waals surface area contributed by atoms with E-state index in [9.17, 15) is 15.0 Å². The van der Waals surface area contributed by atoms with Crippen LogP contribution in [-0.4, -0.2) is 29.3 Å². The summed E-state index contributed by atoms with van der Waals surface area (Å²) in [5, 5.41) is 22.1.